The van der Waals surface area contributed by atoms with Crippen LogP contribution in [0.25, 0.3) is 0 Å². The Kier molecular flexibility index (Phi) is 6.01. The van der Waals surface area contributed by atoms with Gasteiger partial charge in [-0.3, -0.25) is 9.98 Å². The van der Waals surface area contributed by atoms with Crippen LogP contribution in [0.1, 0.15) is 20.3 Å². The molecule has 1 aliphatic rings. The molecule has 5 heteroatoms. The van der Waals surface area contributed by atoms with E-state index in [-0.39, 0.29) is 6.04 Å². The Bertz CT molecular complexity index is 535. The topological polar surface area (TPSA) is 52.6 Å². The van der Waals surface area contributed by atoms with E-state index in [2.05, 4.69) is 40.9 Å². The number of hydrogen-bond acceptors (Lipinski definition) is 4. The van der Waals surface area contributed by atoms with Crippen molar-refractivity contribution in [3.63, 3.8) is 0 Å². The lowest BCUT2D eigenvalue weighted by atomic mass is 10.0. The van der Waals surface area contributed by atoms with Gasteiger partial charge in [0.25, 0.3) is 0 Å². The van der Waals surface area contributed by atoms with Gasteiger partial charge in [-0.15, -0.1) is 0 Å². The second kappa shape index (κ2) is 8.22. The molecule has 2 heterocycles. The average molecular weight is 299 g/mol. The van der Waals surface area contributed by atoms with E-state index in [1.165, 1.54) is 5.69 Å². The molecule has 0 saturated heterocycles. The van der Waals surface area contributed by atoms with Gasteiger partial charge in [-0.2, -0.15) is 0 Å². The molecule has 2 rings (SSSR count). The van der Waals surface area contributed by atoms with Crippen LogP contribution in [0.4, 0.5) is 5.69 Å². The van der Waals surface area contributed by atoms with E-state index in [0.717, 1.165) is 37.5 Å². The van der Waals surface area contributed by atoms with Crippen LogP contribution in [0, 0.1) is 0 Å². The average Bonchev–Trinajstić information content (AvgIpc) is 2.59. The third-order valence-electron chi connectivity index (χ3n) is 3.77. The van der Waals surface area contributed by atoms with Crippen molar-refractivity contribution in [3.8, 4) is 0 Å². The molecule has 2 N–H and O–H groups in total. The Morgan fingerprint density at radius 1 is 1.32 bits per heavy atom. The lowest BCUT2D eigenvalue weighted by molar-refractivity contribution is 0.742. The molecule has 0 aromatic carbocycles. The molecule has 118 valence electrons. The first-order valence-electron chi connectivity index (χ1n) is 7.80. The molecule has 1 aromatic rings. The molecule has 1 unspecified atom stereocenters. The van der Waals surface area contributed by atoms with Crippen LogP contribution in [0.5, 0.6) is 0 Å². The van der Waals surface area contributed by atoms with E-state index in [1.807, 2.05) is 36.9 Å². The lowest BCUT2D eigenvalue weighted by Crippen LogP contribution is -2.45. The van der Waals surface area contributed by atoms with Gasteiger partial charge in [-0.25, -0.2) is 0 Å². The van der Waals surface area contributed by atoms with Gasteiger partial charge in [0, 0.05) is 43.6 Å². The van der Waals surface area contributed by atoms with Crippen LogP contribution in [0.3, 0.4) is 0 Å². The van der Waals surface area contributed by atoms with Crippen LogP contribution >= 0.6 is 0 Å². The Hall–Kier alpha value is -2.30. The summed E-state index contributed by atoms with van der Waals surface area (Å²) < 4.78 is 0. The quantitative estimate of drug-likeness (QED) is 0.759. The van der Waals surface area contributed by atoms with E-state index in [1.54, 1.807) is 0 Å². The van der Waals surface area contributed by atoms with E-state index in [9.17, 15) is 0 Å². The predicted molar refractivity (Wildman–Crippen MR) is 93.1 cm³/mol. The number of aromatic nitrogens is 1. The van der Waals surface area contributed by atoms with Gasteiger partial charge < -0.3 is 15.5 Å². The normalized spacial score (nSPS) is 18.6. The van der Waals surface area contributed by atoms with Gasteiger partial charge in [0.15, 0.2) is 0 Å². The lowest BCUT2D eigenvalue weighted by Gasteiger charge is -2.26. The van der Waals surface area contributed by atoms with Gasteiger partial charge in [-0.1, -0.05) is 13.5 Å². The maximum Gasteiger partial charge on any atom is 0.127 e. The van der Waals surface area contributed by atoms with Gasteiger partial charge in [0.1, 0.15) is 11.9 Å². The van der Waals surface area contributed by atoms with Crippen LogP contribution in [-0.2, 0) is 0 Å². The fourth-order valence-electron chi connectivity index (χ4n) is 2.40. The summed E-state index contributed by atoms with van der Waals surface area (Å²) >= 11 is 0. The van der Waals surface area contributed by atoms with Gasteiger partial charge in [0.2, 0.25) is 0 Å². The Labute approximate surface area is 132 Å². The van der Waals surface area contributed by atoms with Crippen molar-refractivity contribution in [1.82, 2.24) is 15.6 Å². The van der Waals surface area contributed by atoms with Crippen molar-refractivity contribution < 1.29 is 0 Å². The summed E-state index contributed by atoms with van der Waals surface area (Å²) in [6.45, 7) is 10.9. The number of aliphatic imine (C=N–C) groups is 1. The van der Waals surface area contributed by atoms with Crippen molar-refractivity contribution >= 4 is 11.5 Å². The number of pyridine rings is 1. The molecular weight excluding hydrogens is 274 g/mol. The Balaban J connectivity index is 1.98. The summed E-state index contributed by atoms with van der Waals surface area (Å²) in [7, 11) is 0. The standard InChI is InChI=1S/C17H25N5/c1-4-14(3)16-17(20-11-10-19-16)21-12-13-22(5-2)15-6-8-18-9-7-15/h6-11,16,19H,3-5,12-13H2,1-2H3,(H,20,21). The van der Waals surface area contributed by atoms with E-state index >= 15 is 0 Å². The number of likely N-dealkylation sites (N-methyl/N-ethyl adjacent to an activating group) is 1. The maximum absolute atomic E-state index is 4.72. The predicted octanol–water partition coefficient (Wildman–Crippen LogP) is 2.31. The van der Waals surface area contributed by atoms with Crippen LogP contribution in [-0.4, -0.2) is 36.5 Å². The molecule has 22 heavy (non-hydrogen) atoms. The monoisotopic (exact) mass is 299 g/mol. The van der Waals surface area contributed by atoms with Crippen LogP contribution in [0.2, 0.25) is 0 Å². The first-order valence-corrected chi connectivity index (χ1v) is 7.80. The Morgan fingerprint density at radius 2 is 2.09 bits per heavy atom. The summed E-state index contributed by atoms with van der Waals surface area (Å²) in [6, 6.07) is 4.15. The number of amidine groups is 1. The summed E-state index contributed by atoms with van der Waals surface area (Å²) in [4.78, 5) is 11.1. The third kappa shape index (κ3) is 4.10. The molecule has 1 aromatic heterocycles. The molecule has 0 saturated carbocycles. The highest BCUT2D eigenvalue weighted by atomic mass is 15.1. The van der Waals surface area contributed by atoms with Crippen molar-refractivity contribution in [2.75, 3.05) is 24.5 Å². The zero-order valence-corrected chi connectivity index (χ0v) is 13.4. The first-order chi connectivity index (χ1) is 10.8. The van der Waals surface area contributed by atoms with E-state index < -0.39 is 0 Å². The molecule has 1 atom stereocenters. The Morgan fingerprint density at radius 3 is 2.77 bits per heavy atom. The molecule has 0 spiro atoms. The summed E-state index contributed by atoms with van der Waals surface area (Å²) in [5, 5.41) is 6.54. The molecule has 0 bridgehead atoms. The number of rotatable bonds is 7. The van der Waals surface area contributed by atoms with Crippen molar-refractivity contribution in [3.05, 3.63) is 49.1 Å². The minimum absolute atomic E-state index is 0.0889. The first kappa shape index (κ1) is 16.1. The fraction of sp³-hybridized carbons (Fsp3) is 0.412. The SMILES string of the molecule is C=C(CC)C1NC=CNC1=NCCN(CC)c1ccncc1. The highest BCUT2D eigenvalue weighted by Gasteiger charge is 2.18. The minimum Gasteiger partial charge on any atom is -0.377 e. The number of nitrogens with zero attached hydrogens (tertiary/aromatic N) is 3. The zero-order chi connectivity index (χ0) is 15.8. The highest BCUT2D eigenvalue weighted by Crippen LogP contribution is 2.12. The smallest absolute Gasteiger partial charge is 0.127 e. The molecule has 0 amide bonds. The number of nitrogens with one attached hydrogen (secondary N) is 2. The number of hydrogen-bond donors (Lipinski definition) is 2. The summed E-state index contributed by atoms with van der Waals surface area (Å²) in [5.74, 6) is 0.945. The molecule has 0 radical (unpaired) electrons. The zero-order valence-electron chi connectivity index (χ0n) is 13.4. The van der Waals surface area contributed by atoms with Crippen molar-refractivity contribution in [1.29, 1.82) is 0 Å². The second-order valence-electron chi connectivity index (χ2n) is 5.14. The molecule has 0 fully saturated rings. The maximum atomic E-state index is 4.72. The van der Waals surface area contributed by atoms with Gasteiger partial charge in [0.05, 0.1) is 6.54 Å². The fourth-order valence-corrected chi connectivity index (χ4v) is 2.40. The molecular formula is C17H25N5. The minimum atomic E-state index is 0.0889. The van der Waals surface area contributed by atoms with Crippen molar-refractivity contribution in [2.24, 2.45) is 4.99 Å². The molecule has 1 aliphatic heterocycles. The summed E-state index contributed by atoms with van der Waals surface area (Å²) in [6.07, 6.45) is 8.36. The van der Waals surface area contributed by atoms with Crippen LogP contribution in [0.15, 0.2) is 54.1 Å². The van der Waals surface area contributed by atoms with Crippen LogP contribution < -0.4 is 15.5 Å². The van der Waals surface area contributed by atoms with Crippen molar-refractivity contribution in [2.45, 2.75) is 26.3 Å². The van der Waals surface area contributed by atoms with Gasteiger partial charge in [-0.05, 0) is 31.1 Å². The largest absolute Gasteiger partial charge is 0.377 e. The van der Waals surface area contributed by atoms with E-state index in [4.69, 9.17) is 4.99 Å². The van der Waals surface area contributed by atoms with Gasteiger partial charge >= 0.3 is 0 Å². The third-order valence-corrected chi connectivity index (χ3v) is 3.77. The number of anilines is 1. The van der Waals surface area contributed by atoms with E-state index in [0.29, 0.717) is 0 Å². The second-order valence-corrected chi connectivity index (χ2v) is 5.14. The summed E-state index contributed by atoms with van der Waals surface area (Å²) in [5.41, 5.74) is 2.32. The molecule has 0 aliphatic carbocycles. The molecule has 5 nitrogen and oxygen atoms in total. The highest BCUT2D eigenvalue weighted by molar-refractivity contribution is 5.91.